The van der Waals surface area contributed by atoms with E-state index in [-0.39, 0.29) is 6.04 Å². The maximum atomic E-state index is 6.26. The van der Waals surface area contributed by atoms with Gasteiger partial charge in [-0.1, -0.05) is 31.2 Å². The predicted molar refractivity (Wildman–Crippen MR) is 72.7 cm³/mol. The Morgan fingerprint density at radius 3 is 2.53 bits per heavy atom. The van der Waals surface area contributed by atoms with Crippen LogP contribution in [0.4, 0.5) is 0 Å². The average molecular weight is 247 g/mol. The summed E-state index contributed by atoms with van der Waals surface area (Å²) in [7, 11) is 1.68. The largest absolute Gasteiger partial charge is 0.496 e. The van der Waals surface area contributed by atoms with Gasteiger partial charge in [0.25, 0.3) is 0 Å². The molecule has 0 amide bonds. The number of methoxy groups -OCH3 is 1. The van der Waals surface area contributed by atoms with Gasteiger partial charge < -0.3 is 10.5 Å². The lowest BCUT2D eigenvalue weighted by Gasteiger charge is -2.12. The fourth-order valence-electron chi connectivity index (χ4n) is 1.82. The van der Waals surface area contributed by atoms with Crippen molar-refractivity contribution >= 4 is 11.3 Å². The highest BCUT2D eigenvalue weighted by atomic mass is 32.1. The van der Waals surface area contributed by atoms with E-state index in [1.807, 2.05) is 11.4 Å². The lowest BCUT2D eigenvalue weighted by Crippen LogP contribution is -2.11. The zero-order valence-electron chi connectivity index (χ0n) is 10.1. The molecule has 90 valence electrons. The van der Waals surface area contributed by atoms with Crippen molar-refractivity contribution in [3.63, 3.8) is 0 Å². The van der Waals surface area contributed by atoms with Gasteiger partial charge >= 0.3 is 0 Å². The van der Waals surface area contributed by atoms with E-state index in [9.17, 15) is 0 Å². The second-order valence-electron chi connectivity index (χ2n) is 3.93. The van der Waals surface area contributed by atoms with E-state index in [1.165, 1.54) is 5.56 Å². The lowest BCUT2D eigenvalue weighted by atomic mass is 10.0. The van der Waals surface area contributed by atoms with E-state index in [4.69, 9.17) is 10.5 Å². The summed E-state index contributed by atoms with van der Waals surface area (Å²) in [6, 6.07) is 10.3. The molecular weight excluding hydrogens is 230 g/mol. The minimum atomic E-state index is -0.101. The summed E-state index contributed by atoms with van der Waals surface area (Å²) in [6.07, 6.45) is 1.05. The molecule has 1 atom stereocenters. The molecule has 2 nitrogen and oxygen atoms in total. The van der Waals surface area contributed by atoms with Crippen LogP contribution in [0.1, 0.15) is 29.0 Å². The molecule has 0 radical (unpaired) electrons. The Bertz CT molecular complexity index is 475. The molecule has 0 fully saturated rings. The summed E-state index contributed by atoms with van der Waals surface area (Å²) in [5, 5.41) is 2.01. The number of hydrogen-bond acceptors (Lipinski definition) is 3. The second-order valence-corrected chi connectivity index (χ2v) is 4.87. The normalized spacial score (nSPS) is 12.4. The van der Waals surface area contributed by atoms with Gasteiger partial charge in [-0.25, -0.2) is 0 Å². The molecule has 0 spiro atoms. The van der Waals surface area contributed by atoms with Gasteiger partial charge in [0.2, 0.25) is 0 Å². The van der Waals surface area contributed by atoms with Crippen LogP contribution in [0.3, 0.4) is 0 Å². The molecule has 0 bridgehead atoms. The number of aryl methyl sites for hydroxylation is 1. The standard InChI is InChI=1S/C14H17NOS/c1-3-10-4-6-11(7-5-10)13(15)14-12(16-2)8-9-17-14/h4-9,13H,3,15H2,1-2H3. The van der Waals surface area contributed by atoms with Crippen molar-refractivity contribution in [2.24, 2.45) is 5.73 Å². The van der Waals surface area contributed by atoms with Gasteiger partial charge in [0.15, 0.2) is 0 Å². The molecule has 1 heterocycles. The van der Waals surface area contributed by atoms with E-state index in [0.717, 1.165) is 22.6 Å². The number of rotatable bonds is 4. The molecule has 0 aliphatic heterocycles. The third-order valence-corrected chi connectivity index (χ3v) is 3.89. The van der Waals surface area contributed by atoms with Gasteiger partial charge in [0.1, 0.15) is 5.75 Å². The number of hydrogen-bond donors (Lipinski definition) is 1. The predicted octanol–water partition coefficient (Wildman–Crippen LogP) is 3.37. The summed E-state index contributed by atoms with van der Waals surface area (Å²) in [5.41, 5.74) is 8.72. The van der Waals surface area contributed by atoms with Crippen molar-refractivity contribution < 1.29 is 4.74 Å². The van der Waals surface area contributed by atoms with Gasteiger partial charge in [-0.3, -0.25) is 0 Å². The zero-order chi connectivity index (χ0) is 12.3. The van der Waals surface area contributed by atoms with Gasteiger partial charge in [-0.2, -0.15) is 0 Å². The molecule has 0 aliphatic carbocycles. The molecule has 2 rings (SSSR count). The topological polar surface area (TPSA) is 35.2 Å². The quantitative estimate of drug-likeness (QED) is 0.899. The van der Waals surface area contributed by atoms with Crippen molar-refractivity contribution in [2.45, 2.75) is 19.4 Å². The van der Waals surface area contributed by atoms with Crippen LogP contribution < -0.4 is 10.5 Å². The van der Waals surface area contributed by atoms with Crippen LogP contribution in [0.2, 0.25) is 0 Å². The molecule has 1 unspecified atom stereocenters. The van der Waals surface area contributed by atoms with E-state index < -0.39 is 0 Å². The van der Waals surface area contributed by atoms with Crippen LogP contribution in [-0.4, -0.2) is 7.11 Å². The van der Waals surface area contributed by atoms with Crippen molar-refractivity contribution in [1.82, 2.24) is 0 Å². The maximum absolute atomic E-state index is 6.26. The highest BCUT2D eigenvalue weighted by molar-refractivity contribution is 7.10. The minimum Gasteiger partial charge on any atom is -0.496 e. The zero-order valence-corrected chi connectivity index (χ0v) is 11.0. The molecular formula is C14H17NOS. The van der Waals surface area contributed by atoms with E-state index in [2.05, 4.69) is 31.2 Å². The monoisotopic (exact) mass is 247 g/mol. The fraction of sp³-hybridized carbons (Fsp3) is 0.286. The summed E-state index contributed by atoms with van der Waals surface area (Å²) in [5.74, 6) is 0.877. The molecule has 3 heteroatoms. The van der Waals surface area contributed by atoms with Crippen LogP contribution in [0.5, 0.6) is 5.75 Å². The summed E-state index contributed by atoms with van der Waals surface area (Å²) < 4.78 is 5.30. The molecule has 0 saturated carbocycles. The Hall–Kier alpha value is -1.32. The first-order valence-corrected chi connectivity index (χ1v) is 6.60. The molecule has 17 heavy (non-hydrogen) atoms. The Morgan fingerprint density at radius 2 is 1.94 bits per heavy atom. The Morgan fingerprint density at radius 1 is 1.24 bits per heavy atom. The van der Waals surface area contributed by atoms with E-state index >= 15 is 0 Å². The molecule has 2 aromatic rings. The maximum Gasteiger partial charge on any atom is 0.134 e. The Kier molecular flexibility index (Phi) is 3.82. The average Bonchev–Trinajstić information content (AvgIpc) is 2.86. The van der Waals surface area contributed by atoms with Crippen molar-refractivity contribution in [3.8, 4) is 5.75 Å². The Balaban J connectivity index is 2.27. The molecule has 0 aliphatic rings. The first-order chi connectivity index (χ1) is 8.26. The van der Waals surface area contributed by atoms with E-state index in [0.29, 0.717) is 0 Å². The summed E-state index contributed by atoms with van der Waals surface area (Å²) >= 11 is 1.64. The van der Waals surface area contributed by atoms with Gasteiger partial charge in [0, 0.05) is 0 Å². The SMILES string of the molecule is CCc1ccc(C(N)c2sccc2OC)cc1. The summed E-state index contributed by atoms with van der Waals surface area (Å²) in [4.78, 5) is 1.08. The first-order valence-electron chi connectivity index (χ1n) is 5.72. The highest BCUT2D eigenvalue weighted by Gasteiger charge is 2.15. The van der Waals surface area contributed by atoms with Crippen LogP contribution >= 0.6 is 11.3 Å². The molecule has 1 aromatic carbocycles. The van der Waals surface area contributed by atoms with Crippen molar-refractivity contribution in [1.29, 1.82) is 0 Å². The van der Waals surface area contributed by atoms with Crippen LogP contribution in [-0.2, 0) is 6.42 Å². The van der Waals surface area contributed by atoms with Crippen molar-refractivity contribution in [3.05, 3.63) is 51.7 Å². The fourth-order valence-corrected chi connectivity index (χ4v) is 2.71. The number of nitrogens with two attached hydrogens (primary N) is 1. The van der Waals surface area contributed by atoms with Crippen LogP contribution in [0, 0.1) is 0 Å². The molecule has 2 N–H and O–H groups in total. The third kappa shape index (κ3) is 2.51. The highest BCUT2D eigenvalue weighted by Crippen LogP contribution is 2.33. The number of ether oxygens (including phenoxy) is 1. The van der Waals surface area contributed by atoms with Crippen molar-refractivity contribution in [2.75, 3.05) is 7.11 Å². The van der Waals surface area contributed by atoms with Crippen LogP contribution in [0.15, 0.2) is 35.7 Å². The first kappa shape index (κ1) is 12.1. The molecule has 1 aromatic heterocycles. The molecule has 0 saturated heterocycles. The summed E-state index contributed by atoms with van der Waals surface area (Å²) in [6.45, 7) is 2.15. The third-order valence-electron chi connectivity index (χ3n) is 2.91. The van der Waals surface area contributed by atoms with E-state index in [1.54, 1.807) is 18.4 Å². The minimum absolute atomic E-state index is 0.101. The van der Waals surface area contributed by atoms with Crippen LogP contribution in [0.25, 0.3) is 0 Å². The van der Waals surface area contributed by atoms with Gasteiger partial charge in [-0.05, 0) is 29.0 Å². The smallest absolute Gasteiger partial charge is 0.134 e. The second kappa shape index (κ2) is 5.34. The van der Waals surface area contributed by atoms with Gasteiger partial charge in [0.05, 0.1) is 18.0 Å². The number of benzene rings is 1. The lowest BCUT2D eigenvalue weighted by molar-refractivity contribution is 0.411. The van der Waals surface area contributed by atoms with Gasteiger partial charge in [-0.15, -0.1) is 11.3 Å². The number of thiophene rings is 1. The Labute approximate surface area is 106 Å².